The number of hydrogen-bond acceptors (Lipinski definition) is 7. The van der Waals surface area contributed by atoms with Gasteiger partial charge in [-0.25, -0.2) is 0 Å². The minimum absolute atomic E-state index is 0.0408. The molecule has 2 fully saturated rings. The number of β-amino-alcohol motifs (C(OH)–C–C–N with tert-alkyl or cyclic N) is 1. The molecule has 8 heteroatoms. The molecule has 2 N–H and O–H groups in total. The third-order valence-electron chi connectivity index (χ3n) is 6.57. The van der Waals surface area contributed by atoms with E-state index in [2.05, 4.69) is 40.2 Å². The topological polar surface area (TPSA) is 77.5 Å². The Morgan fingerprint density at radius 3 is 2.64 bits per heavy atom. The maximum Gasteiger partial charge on any atom is 0.217 e. The van der Waals surface area contributed by atoms with E-state index < -0.39 is 5.60 Å². The van der Waals surface area contributed by atoms with E-state index in [9.17, 15) is 9.90 Å². The van der Waals surface area contributed by atoms with Crippen molar-refractivity contribution in [3.05, 3.63) is 23.8 Å². The Hall–Kier alpha value is -1.87. The Kier molecular flexibility index (Phi) is 9.37. The number of likely N-dealkylation sites (tertiary alicyclic amines) is 2. The Morgan fingerprint density at radius 2 is 1.97 bits per heavy atom. The Balaban J connectivity index is 1.46. The number of aliphatic hydroxyl groups is 1. The van der Waals surface area contributed by atoms with E-state index in [1.165, 1.54) is 0 Å². The van der Waals surface area contributed by atoms with Crippen molar-refractivity contribution < 1.29 is 19.4 Å². The molecule has 1 aromatic rings. The van der Waals surface area contributed by atoms with Gasteiger partial charge in [-0.3, -0.25) is 9.69 Å². The van der Waals surface area contributed by atoms with Gasteiger partial charge in [-0.15, -0.1) is 0 Å². The molecule has 2 saturated heterocycles. The number of hydrogen-bond donors (Lipinski definition) is 2. The van der Waals surface area contributed by atoms with Crippen molar-refractivity contribution in [2.45, 2.75) is 50.8 Å². The lowest BCUT2D eigenvalue weighted by Crippen LogP contribution is -2.50. The van der Waals surface area contributed by atoms with Crippen LogP contribution in [-0.4, -0.2) is 104 Å². The molecule has 1 aromatic carbocycles. The first kappa shape index (κ1) is 25.7. The smallest absolute Gasteiger partial charge is 0.217 e. The molecular formula is C25H42N4O4. The molecule has 0 saturated carbocycles. The largest absolute Gasteiger partial charge is 0.493 e. The monoisotopic (exact) mass is 462 g/mol. The summed E-state index contributed by atoms with van der Waals surface area (Å²) in [5.41, 5.74) is 0.480. The van der Waals surface area contributed by atoms with Gasteiger partial charge in [0.05, 0.1) is 19.3 Å². The summed E-state index contributed by atoms with van der Waals surface area (Å²) < 4.78 is 11.5. The zero-order valence-corrected chi connectivity index (χ0v) is 20.8. The molecule has 2 aliphatic rings. The second-order valence-electron chi connectivity index (χ2n) is 9.93. The molecule has 0 aliphatic carbocycles. The summed E-state index contributed by atoms with van der Waals surface area (Å²) in [7, 11) is 5.80. The lowest BCUT2D eigenvalue weighted by atomic mass is 9.99. The maximum atomic E-state index is 11.3. The average molecular weight is 463 g/mol. The number of carbonyl (C=O) groups excluding carboxylic acids is 1. The van der Waals surface area contributed by atoms with Crippen LogP contribution < -0.4 is 14.8 Å². The second kappa shape index (κ2) is 12.0. The number of piperidine rings is 1. The quantitative estimate of drug-likeness (QED) is 0.483. The minimum Gasteiger partial charge on any atom is -0.493 e. The van der Waals surface area contributed by atoms with E-state index in [1.807, 2.05) is 12.1 Å². The summed E-state index contributed by atoms with van der Waals surface area (Å²) in [6.07, 6.45) is 3.64. The molecule has 1 amide bonds. The van der Waals surface area contributed by atoms with Gasteiger partial charge >= 0.3 is 0 Å². The molecular weight excluding hydrogens is 420 g/mol. The van der Waals surface area contributed by atoms with Gasteiger partial charge in [0.1, 0.15) is 0 Å². The first-order valence-corrected chi connectivity index (χ1v) is 12.1. The van der Waals surface area contributed by atoms with Gasteiger partial charge < -0.3 is 29.7 Å². The minimum atomic E-state index is -0.680. The number of ether oxygens (including phenoxy) is 2. The van der Waals surface area contributed by atoms with Crippen molar-refractivity contribution in [2.75, 3.05) is 67.1 Å². The number of amides is 1. The van der Waals surface area contributed by atoms with Gasteiger partial charge in [0.2, 0.25) is 5.91 Å². The normalized spacial score (nSPS) is 22.6. The second-order valence-corrected chi connectivity index (χ2v) is 9.93. The van der Waals surface area contributed by atoms with Crippen LogP contribution >= 0.6 is 0 Å². The zero-order chi connectivity index (χ0) is 23.8. The fourth-order valence-electron chi connectivity index (χ4n) is 4.89. The van der Waals surface area contributed by atoms with Crippen molar-refractivity contribution in [2.24, 2.45) is 0 Å². The molecule has 0 bridgehead atoms. The third kappa shape index (κ3) is 8.14. The van der Waals surface area contributed by atoms with Crippen LogP contribution in [0.15, 0.2) is 18.2 Å². The van der Waals surface area contributed by atoms with Crippen molar-refractivity contribution in [3.63, 3.8) is 0 Å². The molecule has 3 rings (SSSR count). The van der Waals surface area contributed by atoms with Crippen LogP contribution in [0.2, 0.25) is 0 Å². The Morgan fingerprint density at radius 1 is 1.21 bits per heavy atom. The molecule has 2 aliphatic heterocycles. The predicted molar refractivity (Wildman–Crippen MR) is 130 cm³/mol. The molecule has 1 unspecified atom stereocenters. The molecule has 2 heterocycles. The molecule has 1 atom stereocenters. The van der Waals surface area contributed by atoms with E-state index in [0.717, 1.165) is 75.5 Å². The number of methoxy groups -OCH3 is 1. The van der Waals surface area contributed by atoms with Gasteiger partial charge in [0.15, 0.2) is 11.5 Å². The molecule has 186 valence electrons. The van der Waals surface area contributed by atoms with Gasteiger partial charge in [-0.05, 0) is 57.5 Å². The number of rotatable bonds is 11. The Bertz CT molecular complexity index is 767. The summed E-state index contributed by atoms with van der Waals surface area (Å²) in [5, 5.41) is 14.2. The molecule has 0 radical (unpaired) electrons. The van der Waals surface area contributed by atoms with Crippen LogP contribution in [0.1, 0.15) is 38.2 Å². The number of nitrogens with one attached hydrogen (secondary N) is 1. The van der Waals surface area contributed by atoms with Crippen molar-refractivity contribution in [3.8, 4) is 11.5 Å². The maximum absolute atomic E-state index is 11.3. The number of carbonyl (C=O) groups is 1. The summed E-state index contributed by atoms with van der Waals surface area (Å²) in [6.45, 7) is 8.09. The predicted octanol–water partition coefficient (Wildman–Crippen LogP) is 1.56. The summed E-state index contributed by atoms with van der Waals surface area (Å²) in [6, 6.07) is 6.40. The molecule has 8 nitrogen and oxygen atoms in total. The highest BCUT2D eigenvalue weighted by molar-refractivity contribution is 5.73. The fraction of sp³-hybridized carbons (Fsp3) is 0.720. The summed E-state index contributed by atoms with van der Waals surface area (Å²) >= 11 is 0. The lowest BCUT2D eigenvalue weighted by molar-refractivity contribution is -0.120. The third-order valence-corrected chi connectivity index (χ3v) is 6.57. The van der Waals surface area contributed by atoms with E-state index in [-0.39, 0.29) is 11.9 Å². The van der Waals surface area contributed by atoms with Crippen molar-refractivity contribution in [1.82, 2.24) is 20.0 Å². The number of nitrogens with zero attached hydrogens (tertiary/aromatic N) is 3. The van der Waals surface area contributed by atoms with Crippen LogP contribution in [0.25, 0.3) is 0 Å². The zero-order valence-electron chi connectivity index (χ0n) is 20.8. The molecule has 0 aromatic heterocycles. The first-order valence-electron chi connectivity index (χ1n) is 12.1. The van der Waals surface area contributed by atoms with E-state index in [4.69, 9.17) is 9.47 Å². The van der Waals surface area contributed by atoms with Gasteiger partial charge in [0, 0.05) is 58.8 Å². The Labute approximate surface area is 198 Å². The van der Waals surface area contributed by atoms with Gasteiger partial charge in [-0.1, -0.05) is 6.07 Å². The standard InChI is InChI=1S/C25H42N4O4/c1-20(30)26-22-8-12-28(13-9-22)18-25(31)10-14-29(19-25)17-21-6-7-23(24(16-21)32-4)33-15-5-11-27(2)3/h6-7,16,22,31H,5,8-15,17-19H2,1-4H3,(H,26,30). The van der Waals surface area contributed by atoms with E-state index >= 15 is 0 Å². The van der Waals surface area contributed by atoms with Crippen LogP contribution in [0.5, 0.6) is 11.5 Å². The van der Waals surface area contributed by atoms with Crippen LogP contribution in [0.3, 0.4) is 0 Å². The first-order chi connectivity index (χ1) is 15.8. The van der Waals surface area contributed by atoms with E-state index in [1.54, 1.807) is 14.0 Å². The van der Waals surface area contributed by atoms with Crippen molar-refractivity contribution >= 4 is 5.91 Å². The SMILES string of the molecule is COc1cc(CN2CCC(O)(CN3CCC(NC(C)=O)CC3)C2)ccc1OCCCN(C)C. The van der Waals surface area contributed by atoms with Gasteiger partial charge in [0.25, 0.3) is 0 Å². The molecule has 0 spiro atoms. The lowest BCUT2D eigenvalue weighted by Gasteiger charge is -2.36. The highest BCUT2D eigenvalue weighted by Crippen LogP contribution is 2.30. The highest BCUT2D eigenvalue weighted by Gasteiger charge is 2.38. The van der Waals surface area contributed by atoms with Crippen LogP contribution in [0.4, 0.5) is 0 Å². The van der Waals surface area contributed by atoms with Crippen LogP contribution in [-0.2, 0) is 11.3 Å². The van der Waals surface area contributed by atoms with Gasteiger partial charge in [-0.2, -0.15) is 0 Å². The highest BCUT2D eigenvalue weighted by atomic mass is 16.5. The summed E-state index contributed by atoms with van der Waals surface area (Å²) in [4.78, 5) is 18.1. The molecule has 33 heavy (non-hydrogen) atoms. The van der Waals surface area contributed by atoms with Crippen LogP contribution in [0, 0.1) is 0 Å². The number of benzene rings is 1. The fourth-order valence-corrected chi connectivity index (χ4v) is 4.89. The average Bonchev–Trinajstić information content (AvgIpc) is 3.12. The van der Waals surface area contributed by atoms with E-state index in [0.29, 0.717) is 19.7 Å². The summed E-state index contributed by atoms with van der Waals surface area (Å²) in [5.74, 6) is 1.58. The van der Waals surface area contributed by atoms with Crippen molar-refractivity contribution in [1.29, 1.82) is 0 Å².